The minimum absolute atomic E-state index is 0.178. The number of nitrogens with zero attached hydrogens (tertiary/aromatic N) is 3. The lowest BCUT2D eigenvalue weighted by Gasteiger charge is -2.34. The predicted molar refractivity (Wildman–Crippen MR) is 124 cm³/mol. The molecule has 2 aliphatic heterocycles. The SMILES string of the molecule is CC1CC(C)CN(Cc2csc(NC(=O)c3ccc(S(=O)(=O)N4CCOCC4)cc3)n2)C1. The molecule has 0 spiro atoms. The van der Waals surface area contributed by atoms with E-state index in [1.54, 1.807) is 0 Å². The van der Waals surface area contributed by atoms with Gasteiger partial charge in [-0.2, -0.15) is 4.31 Å². The molecule has 0 bridgehead atoms. The first-order valence-corrected chi connectivity index (χ1v) is 13.3. The van der Waals surface area contributed by atoms with Crippen molar-refractivity contribution in [3.05, 3.63) is 40.9 Å². The van der Waals surface area contributed by atoms with Gasteiger partial charge in [-0.1, -0.05) is 13.8 Å². The van der Waals surface area contributed by atoms with Gasteiger partial charge in [0.15, 0.2) is 5.13 Å². The van der Waals surface area contributed by atoms with Crippen LogP contribution in [0.1, 0.15) is 36.3 Å². The predicted octanol–water partition coefficient (Wildman–Crippen LogP) is 2.89. The summed E-state index contributed by atoms with van der Waals surface area (Å²) in [5.74, 6) is 1.07. The van der Waals surface area contributed by atoms with E-state index >= 15 is 0 Å². The zero-order valence-electron chi connectivity index (χ0n) is 18.5. The molecule has 2 aliphatic rings. The van der Waals surface area contributed by atoms with Gasteiger partial charge in [0, 0.05) is 43.7 Å². The van der Waals surface area contributed by atoms with E-state index in [2.05, 4.69) is 29.0 Å². The van der Waals surface area contributed by atoms with Crippen molar-refractivity contribution in [2.75, 3.05) is 44.7 Å². The third-order valence-electron chi connectivity index (χ3n) is 5.83. The van der Waals surface area contributed by atoms with Gasteiger partial charge in [0.2, 0.25) is 10.0 Å². The Balaban J connectivity index is 1.36. The van der Waals surface area contributed by atoms with E-state index in [-0.39, 0.29) is 10.8 Å². The highest BCUT2D eigenvalue weighted by atomic mass is 32.2. The largest absolute Gasteiger partial charge is 0.379 e. The van der Waals surface area contributed by atoms with Crippen LogP contribution in [-0.4, -0.2) is 67.9 Å². The Morgan fingerprint density at radius 1 is 1.16 bits per heavy atom. The first-order chi connectivity index (χ1) is 15.3. The summed E-state index contributed by atoms with van der Waals surface area (Å²) in [7, 11) is -3.58. The van der Waals surface area contributed by atoms with E-state index in [1.165, 1.54) is 46.3 Å². The fourth-order valence-electron chi connectivity index (χ4n) is 4.47. The molecule has 2 atom stereocenters. The van der Waals surface area contributed by atoms with Gasteiger partial charge in [0.1, 0.15) is 0 Å². The number of rotatable bonds is 6. The van der Waals surface area contributed by atoms with Crippen molar-refractivity contribution in [1.82, 2.24) is 14.2 Å². The molecule has 0 saturated carbocycles. The van der Waals surface area contributed by atoms with Crippen LogP contribution < -0.4 is 5.32 Å². The molecule has 8 nitrogen and oxygen atoms in total. The number of hydrogen-bond donors (Lipinski definition) is 1. The smallest absolute Gasteiger partial charge is 0.257 e. The number of sulfonamides is 1. The van der Waals surface area contributed by atoms with Crippen molar-refractivity contribution in [3.8, 4) is 0 Å². The highest BCUT2D eigenvalue weighted by Gasteiger charge is 2.26. The molecule has 174 valence electrons. The quantitative estimate of drug-likeness (QED) is 0.686. The molecule has 0 radical (unpaired) electrons. The monoisotopic (exact) mass is 478 g/mol. The van der Waals surface area contributed by atoms with Crippen molar-refractivity contribution in [1.29, 1.82) is 0 Å². The number of amides is 1. The molecule has 2 aromatic rings. The molecule has 2 unspecified atom stereocenters. The summed E-state index contributed by atoms with van der Waals surface area (Å²) in [6, 6.07) is 6.03. The molecular formula is C22H30N4O4S2. The van der Waals surface area contributed by atoms with Gasteiger partial charge in [0.05, 0.1) is 23.8 Å². The highest BCUT2D eigenvalue weighted by molar-refractivity contribution is 7.89. The number of thiazole rings is 1. The summed E-state index contributed by atoms with van der Waals surface area (Å²) in [5.41, 5.74) is 1.35. The second-order valence-electron chi connectivity index (χ2n) is 8.78. The molecule has 2 saturated heterocycles. The number of hydrogen-bond acceptors (Lipinski definition) is 7. The van der Waals surface area contributed by atoms with E-state index in [0.717, 1.165) is 25.3 Å². The fourth-order valence-corrected chi connectivity index (χ4v) is 6.58. The number of carbonyl (C=O) groups excluding carboxylic acids is 1. The molecule has 10 heteroatoms. The van der Waals surface area contributed by atoms with Gasteiger partial charge >= 0.3 is 0 Å². The van der Waals surface area contributed by atoms with Crippen LogP contribution >= 0.6 is 11.3 Å². The average Bonchev–Trinajstić information content (AvgIpc) is 3.20. The number of piperidine rings is 1. The van der Waals surface area contributed by atoms with Crippen LogP contribution in [0.3, 0.4) is 0 Å². The molecule has 0 aliphatic carbocycles. The Morgan fingerprint density at radius 2 is 1.81 bits per heavy atom. The lowest BCUT2D eigenvalue weighted by Crippen LogP contribution is -2.40. The van der Waals surface area contributed by atoms with Crippen molar-refractivity contribution in [3.63, 3.8) is 0 Å². The number of ether oxygens (including phenoxy) is 1. The van der Waals surface area contributed by atoms with Crippen LogP contribution in [0.2, 0.25) is 0 Å². The van der Waals surface area contributed by atoms with Crippen LogP contribution in [0.25, 0.3) is 0 Å². The Labute approximate surface area is 193 Å². The summed E-state index contributed by atoms with van der Waals surface area (Å²) in [5, 5.41) is 5.36. The van der Waals surface area contributed by atoms with Gasteiger partial charge in [-0.3, -0.25) is 15.0 Å². The molecule has 4 rings (SSSR count). The molecule has 1 amide bonds. The maximum atomic E-state index is 12.7. The standard InChI is InChI=1S/C22H30N4O4S2/c1-16-11-17(2)13-25(12-16)14-19-15-31-22(23-19)24-21(27)18-3-5-20(6-4-18)32(28,29)26-7-9-30-10-8-26/h3-6,15-17H,7-14H2,1-2H3,(H,23,24,27). The molecule has 1 aromatic carbocycles. The number of benzene rings is 1. The summed E-state index contributed by atoms with van der Waals surface area (Å²) >= 11 is 1.40. The molecule has 1 N–H and O–H groups in total. The zero-order valence-corrected chi connectivity index (χ0v) is 20.1. The minimum Gasteiger partial charge on any atom is -0.379 e. The molecular weight excluding hydrogens is 448 g/mol. The summed E-state index contributed by atoms with van der Waals surface area (Å²) in [6.45, 7) is 8.97. The third kappa shape index (κ3) is 5.55. The normalized spacial score (nSPS) is 23.2. The molecule has 32 heavy (non-hydrogen) atoms. The summed E-state index contributed by atoms with van der Waals surface area (Å²) in [4.78, 5) is 19.8. The molecule has 2 fully saturated rings. The van der Waals surface area contributed by atoms with E-state index < -0.39 is 10.0 Å². The van der Waals surface area contributed by atoms with E-state index in [4.69, 9.17) is 4.74 Å². The van der Waals surface area contributed by atoms with Gasteiger partial charge in [-0.15, -0.1) is 11.3 Å². The number of morpholine rings is 1. The maximum Gasteiger partial charge on any atom is 0.257 e. The Kier molecular flexibility index (Phi) is 7.26. The van der Waals surface area contributed by atoms with Crippen molar-refractivity contribution in [2.24, 2.45) is 11.8 Å². The first-order valence-electron chi connectivity index (χ1n) is 11.0. The second-order valence-corrected chi connectivity index (χ2v) is 11.6. The van der Waals surface area contributed by atoms with Crippen molar-refractivity contribution >= 4 is 32.4 Å². The Morgan fingerprint density at radius 3 is 2.47 bits per heavy atom. The van der Waals surface area contributed by atoms with Crippen molar-refractivity contribution in [2.45, 2.75) is 31.7 Å². The Hall–Kier alpha value is -1.85. The van der Waals surface area contributed by atoms with Gasteiger partial charge in [0.25, 0.3) is 5.91 Å². The highest BCUT2D eigenvalue weighted by Crippen LogP contribution is 2.24. The molecule has 1 aromatic heterocycles. The van der Waals surface area contributed by atoms with Crippen LogP contribution in [0.5, 0.6) is 0 Å². The van der Waals surface area contributed by atoms with Crippen LogP contribution in [0.4, 0.5) is 5.13 Å². The van der Waals surface area contributed by atoms with Crippen LogP contribution in [0.15, 0.2) is 34.5 Å². The van der Waals surface area contributed by atoms with Crippen molar-refractivity contribution < 1.29 is 17.9 Å². The minimum atomic E-state index is -3.58. The third-order valence-corrected chi connectivity index (χ3v) is 8.55. The van der Waals surface area contributed by atoms with E-state index in [1.807, 2.05) is 5.38 Å². The topological polar surface area (TPSA) is 91.8 Å². The number of likely N-dealkylation sites (tertiary alicyclic amines) is 1. The summed E-state index contributed by atoms with van der Waals surface area (Å²) < 4.78 is 32.1. The van der Waals surface area contributed by atoms with E-state index in [9.17, 15) is 13.2 Å². The van der Waals surface area contributed by atoms with Gasteiger partial charge < -0.3 is 4.74 Å². The van der Waals surface area contributed by atoms with Crippen LogP contribution in [-0.2, 0) is 21.3 Å². The maximum absolute atomic E-state index is 12.7. The van der Waals surface area contributed by atoms with Gasteiger partial charge in [-0.25, -0.2) is 13.4 Å². The Bertz CT molecular complexity index is 1020. The first kappa shape index (κ1) is 23.3. The average molecular weight is 479 g/mol. The lowest BCUT2D eigenvalue weighted by atomic mass is 9.92. The number of anilines is 1. The number of aromatic nitrogens is 1. The van der Waals surface area contributed by atoms with Crippen LogP contribution in [0, 0.1) is 11.8 Å². The van der Waals surface area contributed by atoms with Gasteiger partial charge in [-0.05, 0) is 42.5 Å². The molecule has 3 heterocycles. The summed E-state index contributed by atoms with van der Waals surface area (Å²) in [6.07, 6.45) is 1.27. The van der Waals surface area contributed by atoms with E-state index in [0.29, 0.717) is 48.8 Å². The zero-order chi connectivity index (χ0) is 22.7. The number of nitrogens with one attached hydrogen (secondary N) is 1. The lowest BCUT2D eigenvalue weighted by molar-refractivity contribution is 0.0730. The number of carbonyl (C=O) groups is 1. The fraction of sp³-hybridized carbons (Fsp3) is 0.545. The second kappa shape index (κ2) is 9.96.